The van der Waals surface area contributed by atoms with Gasteiger partial charge in [-0.25, -0.2) is 4.98 Å². The van der Waals surface area contributed by atoms with Crippen LogP contribution in [0.5, 0.6) is 0 Å². The number of aliphatic imine (C=N–C) groups is 1. The number of nitrogens with one attached hydrogen (secondary N) is 3. The molecular formula is C16H24N6O2S. The van der Waals surface area contributed by atoms with Crippen LogP contribution in [0.4, 0.5) is 0 Å². The molecular weight excluding hydrogens is 340 g/mol. The van der Waals surface area contributed by atoms with E-state index in [1.165, 1.54) is 11.3 Å². The molecule has 0 aliphatic carbocycles. The molecule has 136 valence electrons. The van der Waals surface area contributed by atoms with Gasteiger partial charge in [0.25, 0.3) is 5.91 Å². The molecule has 0 saturated heterocycles. The molecule has 0 aliphatic rings. The van der Waals surface area contributed by atoms with E-state index in [-0.39, 0.29) is 5.91 Å². The van der Waals surface area contributed by atoms with E-state index in [4.69, 9.17) is 4.52 Å². The second kappa shape index (κ2) is 9.16. The second-order valence-electron chi connectivity index (χ2n) is 5.75. The first kappa shape index (κ1) is 18.9. The van der Waals surface area contributed by atoms with Crippen molar-refractivity contribution in [1.82, 2.24) is 26.1 Å². The van der Waals surface area contributed by atoms with Gasteiger partial charge in [0, 0.05) is 26.2 Å². The van der Waals surface area contributed by atoms with Crippen molar-refractivity contribution >= 4 is 23.2 Å². The molecule has 9 heteroatoms. The zero-order valence-corrected chi connectivity index (χ0v) is 15.7. The van der Waals surface area contributed by atoms with E-state index in [9.17, 15) is 4.79 Å². The number of hydrogen-bond donors (Lipinski definition) is 3. The monoisotopic (exact) mass is 364 g/mol. The highest BCUT2D eigenvalue weighted by Crippen LogP contribution is 2.13. The van der Waals surface area contributed by atoms with Gasteiger partial charge >= 0.3 is 0 Å². The number of nitrogens with zero attached hydrogens (tertiary/aromatic N) is 3. The first-order chi connectivity index (χ1) is 12.0. The standard InChI is InChI=1S/C16H24N6O2S/c1-10(2)13-7-12(24-22-13)8-20-16(17-4)19-6-5-18-15(23)14-11(3)21-9-25-14/h7,9-10H,5-6,8H2,1-4H3,(H,18,23)(H2,17,19,20). The molecule has 2 rings (SSSR count). The van der Waals surface area contributed by atoms with Gasteiger partial charge < -0.3 is 20.5 Å². The highest BCUT2D eigenvalue weighted by molar-refractivity contribution is 7.11. The molecule has 2 aromatic rings. The minimum atomic E-state index is -0.104. The Morgan fingerprint density at radius 2 is 2.08 bits per heavy atom. The summed E-state index contributed by atoms with van der Waals surface area (Å²) in [6, 6.07) is 1.93. The van der Waals surface area contributed by atoms with E-state index in [1.807, 2.05) is 13.0 Å². The number of rotatable bonds is 7. The molecule has 0 bridgehead atoms. The van der Waals surface area contributed by atoms with Crippen molar-refractivity contribution in [2.24, 2.45) is 4.99 Å². The molecule has 0 saturated carbocycles. The van der Waals surface area contributed by atoms with Gasteiger partial charge in [-0.15, -0.1) is 11.3 Å². The fourth-order valence-electron chi connectivity index (χ4n) is 2.03. The number of thiazole rings is 1. The number of guanidine groups is 1. The lowest BCUT2D eigenvalue weighted by Crippen LogP contribution is -2.41. The summed E-state index contributed by atoms with van der Waals surface area (Å²) in [6.45, 7) is 7.48. The van der Waals surface area contributed by atoms with Crippen LogP contribution in [0, 0.1) is 6.92 Å². The van der Waals surface area contributed by atoms with E-state index in [2.05, 4.69) is 44.9 Å². The third-order valence-electron chi connectivity index (χ3n) is 3.48. The Bertz CT molecular complexity index is 722. The normalized spacial score (nSPS) is 11.6. The summed E-state index contributed by atoms with van der Waals surface area (Å²) >= 11 is 1.34. The minimum Gasteiger partial charge on any atom is -0.359 e. The van der Waals surface area contributed by atoms with E-state index in [1.54, 1.807) is 12.6 Å². The summed E-state index contributed by atoms with van der Waals surface area (Å²) in [5.41, 5.74) is 3.35. The van der Waals surface area contributed by atoms with Crippen LogP contribution in [-0.4, -0.2) is 42.1 Å². The Balaban J connectivity index is 1.69. The lowest BCUT2D eigenvalue weighted by molar-refractivity contribution is 0.0957. The van der Waals surface area contributed by atoms with Crippen molar-refractivity contribution in [2.45, 2.75) is 33.2 Å². The van der Waals surface area contributed by atoms with Gasteiger partial charge in [-0.3, -0.25) is 9.79 Å². The smallest absolute Gasteiger partial charge is 0.263 e. The maximum absolute atomic E-state index is 12.0. The molecule has 0 fully saturated rings. The molecule has 0 spiro atoms. The molecule has 0 aliphatic heterocycles. The molecule has 0 radical (unpaired) electrons. The van der Waals surface area contributed by atoms with Gasteiger partial charge in [-0.2, -0.15) is 0 Å². The highest BCUT2D eigenvalue weighted by Gasteiger charge is 2.11. The predicted molar refractivity (Wildman–Crippen MR) is 98.0 cm³/mol. The van der Waals surface area contributed by atoms with Gasteiger partial charge in [-0.1, -0.05) is 19.0 Å². The summed E-state index contributed by atoms with van der Waals surface area (Å²) in [5, 5.41) is 13.2. The molecule has 3 N–H and O–H groups in total. The van der Waals surface area contributed by atoms with Crippen LogP contribution in [0.3, 0.4) is 0 Å². The Labute approximate surface area is 151 Å². The van der Waals surface area contributed by atoms with Crippen LogP contribution in [-0.2, 0) is 6.54 Å². The predicted octanol–water partition coefficient (Wildman–Crippen LogP) is 1.66. The zero-order chi connectivity index (χ0) is 18.2. The molecule has 1 amide bonds. The summed E-state index contributed by atoms with van der Waals surface area (Å²) in [5.74, 6) is 1.61. The van der Waals surface area contributed by atoms with Crippen molar-refractivity contribution in [2.75, 3.05) is 20.1 Å². The highest BCUT2D eigenvalue weighted by atomic mass is 32.1. The van der Waals surface area contributed by atoms with Crippen LogP contribution in [0.25, 0.3) is 0 Å². The third kappa shape index (κ3) is 5.56. The number of carbonyl (C=O) groups excluding carboxylic acids is 1. The summed E-state index contributed by atoms with van der Waals surface area (Å²) in [6.07, 6.45) is 0. The van der Waals surface area contributed by atoms with Crippen LogP contribution in [0.15, 0.2) is 21.1 Å². The number of aromatic nitrogens is 2. The van der Waals surface area contributed by atoms with E-state index in [0.29, 0.717) is 36.4 Å². The summed E-state index contributed by atoms with van der Waals surface area (Å²) < 4.78 is 5.27. The van der Waals surface area contributed by atoms with Gasteiger partial charge in [0.05, 0.1) is 23.4 Å². The molecule has 25 heavy (non-hydrogen) atoms. The lowest BCUT2D eigenvalue weighted by atomic mass is 10.1. The van der Waals surface area contributed by atoms with E-state index in [0.717, 1.165) is 17.1 Å². The largest absolute Gasteiger partial charge is 0.359 e. The minimum absolute atomic E-state index is 0.104. The van der Waals surface area contributed by atoms with Crippen LogP contribution < -0.4 is 16.0 Å². The molecule has 0 atom stereocenters. The molecule has 0 unspecified atom stereocenters. The summed E-state index contributed by atoms with van der Waals surface area (Å²) in [4.78, 5) is 20.8. The second-order valence-corrected chi connectivity index (χ2v) is 6.60. The number of amides is 1. The SMILES string of the molecule is CN=C(NCCNC(=O)c1scnc1C)NCc1cc(C(C)C)no1. The van der Waals surface area contributed by atoms with Crippen molar-refractivity contribution < 1.29 is 9.32 Å². The maximum Gasteiger partial charge on any atom is 0.263 e. The van der Waals surface area contributed by atoms with Gasteiger partial charge in [0.1, 0.15) is 4.88 Å². The third-order valence-corrected chi connectivity index (χ3v) is 4.40. The van der Waals surface area contributed by atoms with Gasteiger partial charge in [0.15, 0.2) is 11.7 Å². The Kier molecular flexibility index (Phi) is 6.93. The molecule has 2 aromatic heterocycles. The average Bonchev–Trinajstić information content (AvgIpc) is 3.23. The van der Waals surface area contributed by atoms with Crippen LogP contribution in [0.2, 0.25) is 0 Å². The maximum atomic E-state index is 12.0. The quantitative estimate of drug-likeness (QED) is 0.392. The van der Waals surface area contributed by atoms with Gasteiger partial charge in [0.2, 0.25) is 0 Å². The van der Waals surface area contributed by atoms with Crippen molar-refractivity contribution in [3.05, 3.63) is 33.6 Å². The first-order valence-electron chi connectivity index (χ1n) is 8.09. The number of carbonyl (C=O) groups is 1. The molecule has 2 heterocycles. The fraction of sp³-hybridized carbons (Fsp3) is 0.500. The Morgan fingerprint density at radius 3 is 2.68 bits per heavy atom. The van der Waals surface area contributed by atoms with Gasteiger partial charge in [-0.05, 0) is 12.8 Å². The number of aryl methyl sites for hydroxylation is 1. The van der Waals surface area contributed by atoms with Crippen molar-refractivity contribution in [1.29, 1.82) is 0 Å². The fourth-order valence-corrected chi connectivity index (χ4v) is 2.75. The molecule has 0 aromatic carbocycles. The number of hydrogen-bond acceptors (Lipinski definition) is 6. The van der Waals surface area contributed by atoms with E-state index < -0.39 is 0 Å². The molecule has 8 nitrogen and oxygen atoms in total. The summed E-state index contributed by atoms with van der Waals surface area (Å²) in [7, 11) is 1.69. The Morgan fingerprint density at radius 1 is 1.32 bits per heavy atom. The first-order valence-corrected chi connectivity index (χ1v) is 8.97. The van der Waals surface area contributed by atoms with Crippen molar-refractivity contribution in [3.8, 4) is 0 Å². The van der Waals surface area contributed by atoms with Crippen LogP contribution >= 0.6 is 11.3 Å². The van der Waals surface area contributed by atoms with E-state index >= 15 is 0 Å². The topological polar surface area (TPSA) is 104 Å². The van der Waals surface area contributed by atoms with Crippen molar-refractivity contribution in [3.63, 3.8) is 0 Å². The lowest BCUT2D eigenvalue weighted by Gasteiger charge is -2.11. The van der Waals surface area contributed by atoms with Crippen LogP contribution in [0.1, 0.15) is 46.6 Å². The zero-order valence-electron chi connectivity index (χ0n) is 14.9. The average molecular weight is 364 g/mol. The Hall–Kier alpha value is -2.42.